The van der Waals surface area contributed by atoms with Crippen LogP contribution in [0.1, 0.15) is 13.8 Å². The lowest BCUT2D eigenvalue weighted by molar-refractivity contribution is -0.110. The van der Waals surface area contributed by atoms with Crippen molar-refractivity contribution in [1.29, 1.82) is 0 Å². The summed E-state index contributed by atoms with van der Waals surface area (Å²) in [5.74, 6) is -0.413. The number of hydrogen-bond donors (Lipinski definition) is 2. The van der Waals surface area contributed by atoms with E-state index in [0.717, 1.165) is 6.54 Å². The summed E-state index contributed by atoms with van der Waals surface area (Å²) >= 11 is 0. The first-order valence-electron chi connectivity index (χ1n) is 6.52. The van der Waals surface area contributed by atoms with Crippen LogP contribution in [0.5, 0.6) is 0 Å². The van der Waals surface area contributed by atoms with Crippen molar-refractivity contribution in [2.24, 2.45) is 0 Å². The molecule has 1 heterocycles. The first kappa shape index (κ1) is 14.7. The highest BCUT2D eigenvalue weighted by Gasteiger charge is 2.28. The zero-order valence-electron chi connectivity index (χ0n) is 11.6. The monoisotopic (exact) mass is 282 g/mol. The Morgan fingerprint density at radius 1 is 1.60 bits per heavy atom. The molecule has 1 fully saturated rings. The fourth-order valence-electron chi connectivity index (χ4n) is 2.05. The Morgan fingerprint density at radius 3 is 3.10 bits per heavy atom. The van der Waals surface area contributed by atoms with Crippen LogP contribution < -0.4 is 10.6 Å². The zero-order valence-corrected chi connectivity index (χ0v) is 11.6. The van der Waals surface area contributed by atoms with Gasteiger partial charge in [0, 0.05) is 18.8 Å². The van der Waals surface area contributed by atoms with E-state index in [-0.39, 0.29) is 18.3 Å². The highest BCUT2D eigenvalue weighted by molar-refractivity contribution is 5.84. The summed E-state index contributed by atoms with van der Waals surface area (Å²) in [6, 6.07) is 5.64. The Kier molecular flexibility index (Phi) is 4.57. The van der Waals surface area contributed by atoms with Gasteiger partial charge in [0.15, 0.2) is 0 Å². The third-order valence-electron chi connectivity index (χ3n) is 2.88. The predicted molar refractivity (Wildman–Crippen MR) is 73.2 cm³/mol. The van der Waals surface area contributed by atoms with E-state index in [9.17, 15) is 9.18 Å². The molecule has 1 aromatic rings. The highest BCUT2D eigenvalue weighted by Crippen LogP contribution is 2.15. The van der Waals surface area contributed by atoms with Crippen LogP contribution in [-0.2, 0) is 9.47 Å². The van der Waals surface area contributed by atoms with Crippen LogP contribution in [0.15, 0.2) is 24.3 Å². The minimum absolute atomic E-state index is 0.150. The molecule has 1 aliphatic rings. The number of nitrogens with one attached hydrogen (secondary N) is 2. The summed E-state index contributed by atoms with van der Waals surface area (Å²) in [4.78, 5) is 11.6. The van der Waals surface area contributed by atoms with Crippen molar-refractivity contribution >= 4 is 11.8 Å². The summed E-state index contributed by atoms with van der Waals surface area (Å²) < 4.78 is 23.8. The summed E-state index contributed by atoms with van der Waals surface area (Å²) in [5, 5.41) is 5.69. The molecule has 6 heteroatoms. The van der Waals surface area contributed by atoms with Gasteiger partial charge in [-0.3, -0.25) is 5.32 Å². The van der Waals surface area contributed by atoms with E-state index in [1.54, 1.807) is 6.07 Å². The van der Waals surface area contributed by atoms with E-state index >= 15 is 0 Å². The number of carbonyl (C=O) groups excluding carboxylic acids is 1. The van der Waals surface area contributed by atoms with Crippen molar-refractivity contribution in [3.05, 3.63) is 30.1 Å². The lowest BCUT2D eigenvalue weighted by Crippen LogP contribution is -2.52. The van der Waals surface area contributed by atoms with Gasteiger partial charge in [0.2, 0.25) is 0 Å². The second kappa shape index (κ2) is 6.19. The third-order valence-corrected chi connectivity index (χ3v) is 2.88. The smallest absolute Gasteiger partial charge is 0.411 e. The van der Waals surface area contributed by atoms with Crippen molar-refractivity contribution in [3.63, 3.8) is 0 Å². The lowest BCUT2D eigenvalue weighted by atomic mass is 10.1. The molecule has 1 aliphatic heterocycles. The number of hydrogen-bond acceptors (Lipinski definition) is 4. The van der Waals surface area contributed by atoms with Gasteiger partial charge in [-0.15, -0.1) is 0 Å². The zero-order chi connectivity index (χ0) is 14.6. The third kappa shape index (κ3) is 4.47. The van der Waals surface area contributed by atoms with Crippen molar-refractivity contribution in [3.8, 4) is 0 Å². The number of amides is 1. The Labute approximate surface area is 117 Å². The number of halogens is 1. The van der Waals surface area contributed by atoms with E-state index in [2.05, 4.69) is 10.6 Å². The van der Waals surface area contributed by atoms with Gasteiger partial charge in [-0.1, -0.05) is 6.07 Å². The van der Waals surface area contributed by atoms with Gasteiger partial charge >= 0.3 is 6.09 Å². The van der Waals surface area contributed by atoms with Crippen molar-refractivity contribution in [1.82, 2.24) is 5.32 Å². The number of rotatable bonds is 3. The van der Waals surface area contributed by atoms with E-state index in [1.807, 2.05) is 13.8 Å². The molecule has 1 atom stereocenters. The minimum Gasteiger partial charge on any atom is -0.446 e. The molecule has 1 aromatic carbocycles. The molecule has 1 amide bonds. The first-order chi connectivity index (χ1) is 9.44. The van der Waals surface area contributed by atoms with Crippen LogP contribution >= 0.6 is 0 Å². The molecule has 2 N–H and O–H groups in total. The quantitative estimate of drug-likeness (QED) is 0.891. The predicted octanol–water partition coefficient (Wildman–Crippen LogP) is 2.14. The molecule has 0 aromatic heterocycles. The van der Waals surface area contributed by atoms with Crippen molar-refractivity contribution < 1.29 is 18.7 Å². The van der Waals surface area contributed by atoms with Gasteiger partial charge in [-0.25, -0.2) is 9.18 Å². The number of ether oxygens (including phenoxy) is 2. The maximum Gasteiger partial charge on any atom is 0.411 e. The Hall–Kier alpha value is -1.66. The molecule has 0 saturated carbocycles. The van der Waals surface area contributed by atoms with E-state index < -0.39 is 11.9 Å². The van der Waals surface area contributed by atoms with E-state index in [1.165, 1.54) is 18.2 Å². The summed E-state index contributed by atoms with van der Waals surface area (Å²) in [5.41, 5.74) is 0.0868. The Balaban J connectivity index is 1.78. The van der Waals surface area contributed by atoms with Gasteiger partial charge < -0.3 is 14.8 Å². The van der Waals surface area contributed by atoms with E-state index in [4.69, 9.17) is 9.47 Å². The van der Waals surface area contributed by atoms with Gasteiger partial charge in [0.05, 0.1) is 5.60 Å². The molecule has 2 rings (SSSR count). The number of carbonyl (C=O) groups is 1. The van der Waals surface area contributed by atoms with Crippen LogP contribution in [0.4, 0.5) is 14.9 Å². The number of benzene rings is 1. The highest BCUT2D eigenvalue weighted by atomic mass is 19.1. The standard InChI is InChI=1S/C14H19FN2O3/c1-14(2)9-16-7-12(20-14)8-19-13(18)17-11-5-3-4-10(15)6-11/h3-6,12,16H,7-9H2,1-2H3,(H,17,18). The average molecular weight is 282 g/mol. The fourth-order valence-corrected chi connectivity index (χ4v) is 2.05. The van der Waals surface area contributed by atoms with Crippen LogP contribution in [0.3, 0.4) is 0 Å². The second-order valence-corrected chi connectivity index (χ2v) is 5.36. The fraction of sp³-hybridized carbons (Fsp3) is 0.500. The molecule has 0 bridgehead atoms. The van der Waals surface area contributed by atoms with Gasteiger partial charge in [-0.2, -0.15) is 0 Å². The van der Waals surface area contributed by atoms with Crippen LogP contribution in [-0.4, -0.2) is 37.5 Å². The molecule has 110 valence electrons. The molecular formula is C14H19FN2O3. The molecule has 0 radical (unpaired) electrons. The molecule has 20 heavy (non-hydrogen) atoms. The normalized spacial score (nSPS) is 21.2. The average Bonchev–Trinajstić information content (AvgIpc) is 2.35. The Bertz CT molecular complexity index is 479. The van der Waals surface area contributed by atoms with Crippen LogP contribution in [0.2, 0.25) is 0 Å². The molecule has 5 nitrogen and oxygen atoms in total. The number of morpholine rings is 1. The van der Waals surface area contributed by atoms with Gasteiger partial charge in [-0.05, 0) is 32.0 Å². The van der Waals surface area contributed by atoms with Crippen LogP contribution in [0, 0.1) is 5.82 Å². The summed E-state index contributed by atoms with van der Waals surface area (Å²) in [6.45, 7) is 5.49. The topological polar surface area (TPSA) is 59.6 Å². The van der Waals surface area contributed by atoms with Gasteiger partial charge in [0.25, 0.3) is 0 Å². The Morgan fingerprint density at radius 2 is 2.40 bits per heavy atom. The number of anilines is 1. The maximum absolute atomic E-state index is 13.0. The van der Waals surface area contributed by atoms with Crippen molar-refractivity contribution in [2.75, 3.05) is 25.0 Å². The van der Waals surface area contributed by atoms with Gasteiger partial charge in [0.1, 0.15) is 18.5 Å². The first-order valence-corrected chi connectivity index (χ1v) is 6.52. The second-order valence-electron chi connectivity index (χ2n) is 5.36. The SMILES string of the molecule is CC1(C)CNCC(COC(=O)Nc2cccc(F)c2)O1. The molecule has 0 aliphatic carbocycles. The molecular weight excluding hydrogens is 263 g/mol. The minimum atomic E-state index is -0.623. The summed E-state index contributed by atoms with van der Waals surface area (Å²) in [6.07, 6.45) is -0.806. The van der Waals surface area contributed by atoms with Crippen molar-refractivity contribution in [2.45, 2.75) is 25.6 Å². The molecule has 1 saturated heterocycles. The summed E-state index contributed by atoms with van der Waals surface area (Å²) in [7, 11) is 0. The lowest BCUT2D eigenvalue weighted by Gasteiger charge is -2.36. The van der Waals surface area contributed by atoms with E-state index in [0.29, 0.717) is 12.2 Å². The molecule has 0 spiro atoms. The largest absolute Gasteiger partial charge is 0.446 e. The van der Waals surface area contributed by atoms with Crippen LogP contribution in [0.25, 0.3) is 0 Å². The molecule has 1 unspecified atom stereocenters. The maximum atomic E-state index is 13.0.